The summed E-state index contributed by atoms with van der Waals surface area (Å²) in [5.74, 6) is 0. The zero-order chi connectivity index (χ0) is 22.9. The van der Waals surface area contributed by atoms with E-state index in [1.165, 1.54) is 0 Å². The lowest BCUT2D eigenvalue weighted by atomic mass is 10.1. The van der Waals surface area contributed by atoms with Crippen LogP contribution in [-0.4, -0.2) is 0 Å². The van der Waals surface area contributed by atoms with E-state index >= 15 is 0 Å². The van der Waals surface area contributed by atoms with Crippen LogP contribution in [0.2, 0.25) is 0 Å². The molecule has 2 aliphatic heterocycles. The second-order valence-electron chi connectivity index (χ2n) is 8.80. The fourth-order valence-electron chi connectivity index (χ4n) is 5.59. The van der Waals surface area contributed by atoms with Crippen LogP contribution < -0.4 is 31.8 Å². The smallest absolute Gasteiger partial charge is 0.172 e. The summed E-state index contributed by atoms with van der Waals surface area (Å²) in [5, 5.41) is 5.08. The van der Waals surface area contributed by atoms with Crippen LogP contribution in [0.25, 0.3) is 22.3 Å². The normalized spacial score (nSPS) is 15.8. The summed E-state index contributed by atoms with van der Waals surface area (Å²) in [6, 6.07) is 39.6. The Hall–Kier alpha value is -3.44. The summed E-state index contributed by atoms with van der Waals surface area (Å²) in [6.07, 6.45) is 0. The Labute approximate surface area is 198 Å². The molecule has 0 radical (unpaired) electrons. The Morgan fingerprint density at radius 3 is 0.824 bits per heavy atom. The van der Waals surface area contributed by atoms with Gasteiger partial charge in [0.1, 0.15) is 0 Å². The number of benzene rings is 5. The van der Waals surface area contributed by atoms with Gasteiger partial charge in [0, 0.05) is 31.8 Å². The van der Waals surface area contributed by atoms with Crippen molar-refractivity contribution in [3.8, 4) is 22.3 Å². The van der Waals surface area contributed by atoms with Crippen molar-refractivity contribution >= 4 is 46.1 Å². The molecule has 0 saturated carbocycles. The van der Waals surface area contributed by atoms with Gasteiger partial charge >= 0.3 is 0 Å². The first kappa shape index (κ1) is 20.0. The maximum atomic E-state index is 14.7. The van der Waals surface area contributed by atoms with Gasteiger partial charge in [0.25, 0.3) is 0 Å². The molecule has 5 aromatic carbocycles. The van der Waals surface area contributed by atoms with Crippen molar-refractivity contribution in [3.05, 3.63) is 121 Å². The van der Waals surface area contributed by atoms with Crippen LogP contribution in [0.1, 0.15) is 0 Å². The van der Waals surface area contributed by atoms with E-state index in [-0.39, 0.29) is 0 Å². The molecular formula is C30H20O2P2. The maximum Gasteiger partial charge on any atom is 0.172 e. The van der Waals surface area contributed by atoms with Gasteiger partial charge in [-0.05, 0) is 22.3 Å². The monoisotopic (exact) mass is 474 g/mol. The van der Waals surface area contributed by atoms with Gasteiger partial charge < -0.3 is 9.13 Å². The van der Waals surface area contributed by atoms with E-state index in [1.807, 2.05) is 121 Å². The summed E-state index contributed by atoms with van der Waals surface area (Å²) in [6.45, 7) is 0. The molecule has 4 heteroatoms. The zero-order valence-corrected chi connectivity index (χ0v) is 20.0. The maximum absolute atomic E-state index is 14.7. The van der Waals surface area contributed by atoms with Crippen LogP contribution in [0.5, 0.6) is 0 Å². The molecule has 0 aliphatic carbocycles. The third-order valence-corrected chi connectivity index (χ3v) is 13.5. The average molecular weight is 474 g/mol. The Morgan fingerprint density at radius 2 is 0.559 bits per heavy atom. The minimum atomic E-state index is -3.00. The second-order valence-corrected chi connectivity index (χ2v) is 14.2. The molecule has 0 saturated heterocycles. The van der Waals surface area contributed by atoms with E-state index in [4.69, 9.17) is 0 Å². The fraction of sp³-hybridized carbons (Fsp3) is 0. The molecule has 34 heavy (non-hydrogen) atoms. The highest BCUT2D eigenvalue weighted by molar-refractivity contribution is 7.87. The highest BCUT2D eigenvalue weighted by atomic mass is 31.2. The molecule has 0 N–H and O–H groups in total. The van der Waals surface area contributed by atoms with Gasteiger partial charge in [0.2, 0.25) is 0 Å². The fourth-order valence-corrected chi connectivity index (χ4v) is 11.7. The lowest BCUT2D eigenvalue weighted by Crippen LogP contribution is -2.25. The quantitative estimate of drug-likeness (QED) is 0.333. The van der Waals surface area contributed by atoms with Gasteiger partial charge in [0.05, 0.1) is 0 Å². The molecule has 0 bridgehead atoms. The molecule has 7 rings (SSSR count). The van der Waals surface area contributed by atoms with Crippen LogP contribution >= 0.6 is 14.3 Å². The van der Waals surface area contributed by atoms with Crippen molar-refractivity contribution in [2.75, 3.05) is 0 Å². The standard InChI is InChI=1S/C30H20O2P2/c31-33(27-13-5-1-9-23(27)24-10-2-6-14-28(24)33)21-17-19-22(20-18-21)34(32)29-15-7-3-11-25(29)26-12-4-8-16-30(26)34/h1-20H. The Kier molecular flexibility index (Phi) is 4.13. The summed E-state index contributed by atoms with van der Waals surface area (Å²) in [7, 11) is -6.00. The van der Waals surface area contributed by atoms with Crippen LogP contribution in [-0.2, 0) is 9.13 Å². The minimum absolute atomic E-state index is 0.779. The number of fused-ring (bicyclic) bond motifs is 6. The molecule has 0 aromatic heterocycles. The lowest BCUT2D eigenvalue weighted by Gasteiger charge is -2.19. The van der Waals surface area contributed by atoms with E-state index in [0.29, 0.717) is 0 Å². The molecule has 2 nitrogen and oxygen atoms in total. The summed E-state index contributed by atoms with van der Waals surface area (Å²) < 4.78 is 29.4. The molecule has 2 aliphatic rings. The van der Waals surface area contributed by atoms with E-state index in [9.17, 15) is 9.13 Å². The third-order valence-electron chi connectivity index (χ3n) is 7.13. The van der Waals surface area contributed by atoms with Crippen molar-refractivity contribution in [1.29, 1.82) is 0 Å². The van der Waals surface area contributed by atoms with Gasteiger partial charge in [-0.1, -0.05) is 121 Å². The summed E-state index contributed by atoms with van der Waals surface area (Å²) in [5.41, 5.74) is 4.16. The largest absolute Gasteiger partial charge is 0.309 e. The van der Waals surface area contributed by atoms with Crippen LogP contribution in [0, 0.1) is 0 Å². The van der Waals surface area contributed by atoms with Gasteiger partial charge in [-0.3, -0.25) is 0 Å². The highest BCUT2D eigenvalue weighted by Gasteiger charge is 2.42. The summed E-state index contributed by atoms with van der Waals surface area (Å²) in [4.78, 5) is 0. The van der Waals surface area contributed by atoms with Crippen LogP contribution in [0.3, 0.4) is 0 Å². The van der Waals surface area contributed by atoms with Crippen LogP contribution in [0.4, 0.5) is 0 Å². The predicted octanol–water partition coefficient (Wildman–Crippen LogP) is 4.93. The first-order valence-electron chi connectivity index (χ1n) is 11.3. The average Bonchev–Trinajstić information content (AvgIpc) is 3.33. The Balaban J connectivity index is 1.42. The van der Waals surface area contributed by atoms with Crippen molar-refractivity contribution in [1.82, 2.24) is 0 Å². The van der Waals surface area contributed by atoms with E-state index < -0.39 is 14.3 Å². The number of hydrogen-bond donors (Lipinski definition) is 0. The second kappa shape index (κ2) is 7.03. The molecule has 0 amide bonds. The third kappa shape index (κ3) is 2.43. The first-order chi connectivity index (χ1) is 16.6. The Bertz CT molecular complexity index is 1490. The molecule has 0 fully saturated rings. The highest BCUT2D eigenvalue weighted by Crippen LogP contribution is 2.54. The molecule has 2 heterocycles. The SMILES string of the molecule is O=P1(c2ccc(P3(=O)c4ccccc4-c4ccccc43)cc2)c2ccccc2-c2ccccc21. The molecule has 162 valence electrons. The van der Waals surface area contributed by atoms with E-state index in [0.717, 1.165) is 54.1 Å². The van der Waals surface area contributed by atoms with Crippen molar-refractivity contribution in [2.24, 2.45) is 0 Å². The van der Waals surface area contributed by atoms with E-state index in [2.05, 4.69) is 0 Å². The lowest BCUT2D eigenvalue weighted by molar-refractivity contribution is 0.591. The molecule has 0 atom stereocenters. The molecule has 0 unspecified atom stereocenters. The van der Waals surface area contributed by atoms with Crippen molar-refractivity contribution in [2.45, 2.75) is 0 Å². The number of rotatable bonds is 2. The van der Waals surface area contributed by atoms with Crippen molar-refractivity contribution in [3.63, 3.8) is 0 Å². The molecule has 0 spiro atoms. The minimum Gasteiger partial charge on any atom is -0.309 e. The van der Waals surface area contributed by atoms with Crippen LogP contribution in [0.15, 0.2) is 121 Å². The van der Waals surface area contributed by atoms with E-state index in [1.54, 1.807) is 0 Å². The van der Waals surface area contributed by atoms with Gasteiger partial charge in [-0.25, -0.2) is 0 Å². The van der Waals surface area contributed by atoms with Crippen molar-refractivity contribution < 1.29 is 9.13 Å². The molecular weight excluding hydrogens is 454 g/mol. The van der Waals surface area contributed by atoms with Gasteiger partial charge in [-0.2, -0.15) is 0 Å². The predicted molar refractivity (Wildman–Crippen MR) is 143 cm³/mol. The van der Waals surface area contributed by atoms with Gasteiger partial charge in [0.15, 0.2) is 14.3 Å². The molecule has 5 aromatic rings. The first-order valence-corrected chi connectivity index (χ1v) is 14.8. The zero-order valence-electron chi connectivity index (χ0n) is 18.3. The number of hydrogen-bond acceptors (Lipinski definition) is 2. The van der Waals surface area contributed by atoms with Gasteiger partial charge in [-0.15, -0.1) is 0 Å². The topological polar surface area (TPSA) is 34.1 Å². The Morgan fingerprint density at radius 1 is 0.324 bits per heavy atom. The summed E-state index contributed by atoms with van der Waals surface area (Å²) >= 11 is 0.